The molecule has 1 aliphatic carbocycles. The minimum absolute atomic E-state index is 0.0646. The van der Waals surface area contributed by atoms with Gasteiger partial charge in [0.2, 0.25) is 5.95 Å². The Morgan fingerprint density at radius 1 is 1.21 bits per heavy atom. The van der Waals surface area contributed by atoms with E-state index in [1.807, 2.05) is 0 Å². The third-order valence-corrected chi connectivity index (χ3v) is 6.99. The Morgan fingerprint density at radius 3 is 2.79 bits per heavy atom. The van der Waals surface area contributed by atoms with Gasteiger partial charge < -0.3 is 9.47 Å². The van der Waals surface area contributed by atoms with Crippen LogP contribution in [0.25, 0.3) is 0 Å². The number of hydrogen-bond donors (Lipinski definition) is 1. The quantitative estimate of drug-likeness (QED) is 0.863. The van der Waals surface area contributed by atoms with E-state index in [9.17, 15) is 4.79 Å². The molecule has 0 aromatic carbocycles. The summed E-state index contributed by atoms with van der Waals surface area (Å²) in [5.74, 6) is 1.43. The Hall–Kier alpha value is -2.08. The van der Waals surface area contributed by atoms with E-state index in [2.05, 4.69) is 46.2 Å². The highest BCUT2D eigenvalue weighted by Crippen LogP contribution is 2.38. The van der Waals surface area contributed by atoms with Crippen LogP contribution in [0.15, 0.2) is 10.9 Å². The molecule has 4 heterocycles. The lowest BCUT2D eigenvalue weighted by molar-refractivity contribution is 0.240. The van der Waals surface area contributed by atoms with Gasteiger partial charge in [0.05, 0.1) is 5.69 Å². The van der Waals surface area contributed by atoms with Crippen LogP contribution in [-0.2, 0) is 19.5 Å². The molecule has 2 aromatic heterocycles. The maximum atomic E-state index is 12.7. The minimum atomic E-state index is 0.0646. The molecule has 29 heavy (non-hydrogen) atoms. The minimum Gasteiger partial charge on any atom is -0.346 e. The number of nitrogens with zero attached hydrogens (tertiary/aromatic N) is 4. The monoisotopic (exact) mass is 395 g/mol. The van der Waals surface area contributed by atoms with E-state index in [1.54, 1.807) is 0 Å². The van der Waals surface area contributed by atoms with E-state index in [-0.39, 0.29) is 5.56 Å². The topological polar surface area (TPSA) is 57.2 Å². The maximum Gasteiger partial charge on any atom is 0.255 e. The molecule has 0 unspecified atom stereocenters. The molecule has 1 saturated carbocycles. The van der Waals surface area contributed by atoms with Gasteiger partial charge in [-0.2, -0.15) is 0 Å². The van der Waals surface area contributed by atoms with Crippen molar-refractivity contribution >= 4 is 5.95 Å². The highest BCUT2D eigenvalue weighted by molar-refractivity contribution is 5.35. The highest BCUT2D eigenvalue weighted by Gasteiger charge is 2.28. The molecular formula is C23H33N5O. The van der Waals surface area contributed by atoms with Crippen molar-refractivity contribution in [3.8, 4) is 0 Å². The molecule has 0 spiro atoms. The maximum absolute atomic E-state index is 12.7. The third-order valence-electron chi connectivity index (χ3n) is 6.99. The van der Waals surface area contributed by atoms with Crippen LogP contribution in [0.5, 0.6) is 0 Å². The molecular weight excluding hydrogens is 362 g/mol. The molecule has 0 radical (unpaired) electrons. The lowest BCUT2D eigenvalue weighted by atomic mass is 10.0. The fourth-order valence-corrected chi connectivity index (χ4v) is 5.29. The molecule has 1 atom stereocenters. The Morgan fingerprint density at radius 2 is 2.03 bits per heavy atom. The molecule has 6 nitrogen and oxygen atoms in total. The Bertz CT molecular complexity index is 970. The van der Waals surface area contributed by atoms with Gasteiger partial charge in [0, 0.05) is 55.7 Å². The number of hydrogen-bond acceptors (Lipinski definition) is 4. The molecule has 1 N–H and O–H groups in total. The normalized spacial score (nSPS) is 22.7. The van der Waals surface area contributed by atoms with Gasteiger partial charge >= 0.3 is 0 Å². The highest BCUT2D eigenvalue weighted by atomic mass is 16.1. The predicted octanol–water partition coefficient (Wildman–Crippen LogP) is 3.32. The van der Waals surface area contributed by atoms with Gasteiger partial charge in [0.15, 0.2) is 0 Å². The van der Waals surface area contributed by atoms with Crippen LogP contribution in [0.1, 0.15) is 66.9 Å². The molecule has 2 aliphatic heterocycles. The molecule has 6 heteroatoms. The summed E-state index contributed by atoms with van der Waals surface area (Å²) >= 11 is 0. The summed E-state index contributed by atoms with van der Waals surface area (Å²) in [7, 11) is 0. The van der Waals surface area contributed by atoms with Crippen LogP contribution < -0.4 is 10.5 Å². The van der Waals surface area contributed by atoms with Crippen molar-refractivity contribution in [2.45, 2.75) is 72.0 Å². The number of aromatic amines is 1. The van der Waals surface area contributed by atoms with Crippen LogP contribution in [0.3, 0.4) is 0 Å². The van der Waals surface area contributed by atoms with Crippen LogP contribution in [-0.4, -0.2) is 39.1 Å². The molecule has 2 aromatic rings. The second kappa shape index (κ2) is 7.31. The number of anilines is 1. The van der Waals surface area contributed by atoms with Crippen molar-refractivity contribution in [1.82, 2.24) is 19.4 Å². The number of rotatable bonds is 4. The average molecular weight is 396 g/mol. The van der Waals surface area contributed by atoms with Crippen LogP contribution in [0, 0.1) is 19.8 Å². The van der Waals surface area contributed by atoms with E-state index in [1.165, 1.54) is 42.6 Å². The fraction of sp³-hybridized carbons (Fsp3) is 0.652. The zero-order valence-electron chi connectivity index (χ0n) is 18.0. The Balaban J connectivity index is 1.36. The fourth-order valence-electron chi connectivity index (χ4n) is 5.29. The molecule has 2 fully saturated rings. The van der Waals surface area contributed by atoms with Gasteiger partial charge in [-0.1, -0.05) is 6.92 Å². The van der Waals surface area contributed by atoms with E-state index < -0.39 is 0 Å². The van der Waals surface area contributed by atoms with Gasteiger partial charge in [-0.05, 0) is 63.5 Å². The standard InChI is InChI=1S/C23H33N5O/c1-15-5-4-9-27(12-15)23-24-21-14-26(10-8-20(21)22(29)25-23)13-18-11-16(2)28(17(18)3)19-6-7-19/h11,15,19H,4-10,12-14H2,1-3H3,(H,24,25,29)/t15-/m1/s1. The van der Waals surface area contributed by atoms with Gasteiger partial charge in [-0.25, -0.2) is 4.98 Å². The van der Waals surface area contributed by atoms with Crippen molar-refractivity contribution < 1.29 is 0 Å². The molecule has 1 saturated heterocycles. The first kappa shape index (κ1) is 18.9. The van der Waals surface area contributed by atoms with Crippen LogP contribution >= 0.6 is 0 Å². The summed E-state index contributed by atoms with van der Waals surface area (Å²) in [5.41, 5.74) is 6.15. The van der Waals surface area contributed by atoms with Crippen molar-refractivity contribution in [1.29, 1.82) is 0 Å². The second-order valence-corrected chi connectivity index (χ2v) is 9.47. The summed E-state index contributed by atoms with van der Waals surface area (Å²) in [6.07, 6.45) is 5.86. The summed E-state index contributed by atoms with van der Waals surface area (Å²) < 4.78 is 2.52. The molecule has 3 aliphatic rings. The Labute approximate surface area is 172 Å². The summed E-state index contributed by atoms with van der Waals surface area (Å²) in [4.78, 5) is 25.4. The second-order valence-electron chi connectivity index (χ2n) is 9.47. The smallest absolute Gasteiger partial charge is 0.255 e. The number of fused-ring (bicyclic) bond motifs is 1. The number of aromatic nitrogens is 3. The van der Waals surface area contributed by atoms with Crippen molar-refractivity contribution in [3.63, 3.8) is 0 Å². The van der Waals surface area contributed by atoms with E-state index >= 15 is 0 Å². The van der Waals surface area contributed by atoms with Gasteiger partial charge in [-0.15, -0.1) is 0 Å². The van der Waals surface area contributed by atoms with E-state index in [0.717, 1.165) is 62.4 Å². The van der Waals surface area contributed by atoms with Gasteiger partial charge in [-0.3, -0.25) is 14.7 Å². The zero-order chi connectivity index (χ0) is 20.1. The van der Waals surface area contributed by atoms with Crippen molar-refractivity contribution in [2.24, 2.45) is 5.92 Å². The largest absolute Gasteiger partial charge is 0.346 e. The lowest BCUT2D eigenvalue weighted by Gasteiger charge is -2.33. The zero-order valence-corrected chi connectivity index (χ0v) is 18.0. The van der Waals surface area contributed by atoms with E-state index in [0.29, 0.717) is 5.92 Å². The van der Waals surface area contributed by atoms with E-state index in [4.69, 9.17) is 4.98 Å². The number of piperidine rings is 1. The first-order valence-corrected chi connectivity index (χ1v) is 11.3. The van der Waals surface area contributed by atoms with Crippen LogP contribution in [0.4, 0.5) is 5.95 Å². The molecule has 156 valence electrons. The number of aryl methyl sites for hydroxylation is 1. The predicted molar refractivity (Wildman–Crippen MR) is 115 cm³/mol. The third kappa shape index (κ3) is 3.63. The first-order chi connectivity index (χ1) is 14.0. The van der Waals surface area contributed by atoms with Crippen LogP contribution in [0.2, 0.25) is 0 Å². The lowest BCUT2D eigenvalue weighted by Crippen LogP contribution is -2.39. The average Bonchev–Trinajstić information content (AvgIpc) is 3.48. The summed E-state index contributed by atoms with van der Waals surface area (Å²) in [6, 6.07) is 3.08. The summed E-state index contributed by atoms with van der Waals surface area (Å²) in [5, 5.41) is 0. The first-order valence-electron chi connectivity index (χ1n) is 11.3. The van der Waals surface area contributed by atoms with Gasteiger partial charge in [0.25, 0.3) is 5.56 Å². The number of H-pyrrole nitrogens is 1. The SMILES string of the molecule is Cc1cc(CN2CCc3c(nc(N4CCC[C@@H](C)C4)[nH]c3=O)C2)c(C)n1C1CC1. The molecule has 0 amide bonds. The Kier molecular flexibility index (Phi) is 4.77. The van der Waals surface area contributed by atoms with Crippen molar-refractivity contribution in [3.05, 3.63) is 44.6 Å². The number of nitrogens with one attached hydrogen (secondary N) is 1. The summed E-state index contributed by atoms with van der Waals surface area (Å²) in [6.45, 7) is 11.4. The molecule has 5 rings (SSSR count). The van der Waals surface area contributed by atoms with Gasteiger partial charge in [0.1, 0.15) is 0 Å². The molecule has 0 bridgehead atoms. The van der Waals surface area contributed by atoms with Crippen molar-refractivity contribution in [2.75, 3.05) is 24.5 Å².